The first-order chi connectivity index (χ1) is 9.25. The molecule has 0 amide bonds. The van der Waals surface area contributed by atoms with Gasteiger partial charge in [-0.25, -0.2) is 0 Å². The summed E-state index contributed by atoms with van der Waals surface area (Å²) in [4.78, 5) is 23.4. The third kappa shape index (κ3) is 4.47. The number of carbonyl (C=O) groups excluding carboxylic acids is 2. The van der Waals surface area contributed by atoms with Crippen molar-refractivity contribution in [3.8, 4) is 0 Å². The lowest BCUT2D eigenvalue weighted by molar-refractivity contribution is -0.119. The summed E-state index contributed by atoms with van der Waals surface area (Å²) in [5, 5.41) is 0. The molecule has 2 rings (SSSR count). The zero-order chi connectivity index (χ0) is 13.5. The van der Waals surface area contributed by atoms with Crippen molar-refractivity contribution in [2.75, 3.05) is 0 Å². The zero-order valence-corrected chi connectivity index (χ0v) is 11.2. The van der Waals surface area contributed by atoms with Gasteiger partial charge < -0.3 is 0 Å². The second kappa shape index (κ2) is 7.03. The molecule has 100 valence electrons. The third-order valence-corrected chi connectivity index (χ3v) is 3.53. The fourth-order valence-corrected chi connectivity index (χ4v) is 2.41. The second-order valence-corrected chi connectivity index (χ2v) is 5.10. The predicted molar refractivity (Wildman–Crippen MR) is 76.9 cm³/mol. The Morgan fingerprint density at radius 2 is 1.47 bits per heavy atom. The van der Waals surface area contributed by atoms with Gasteiger partial charge in [-0.05, 0) is 42.9 Å². The molecule has 19 heavy (non-hydrogen) atoms. The van der Waals surface area contributed by atoms with Crippen LogP contribution in [0.5, 0.6) is 0 Å². The molecule has 0 saturated carbocycles. The molecule has 1 aliphatic rings. The number of Topliss-reactive ketones (excluding diaryl/α,β-unsaturated/α-hetero) is 1. The maximum atomic E-state index is 11.7. The summed E-state index contributed by atoms with van der Waals surface area (Å²) in [5.74, 6) is 0.485. The van der Waals surface area contributed by atoms with E-state index in [1.54, 1.807) is 6.08 Å². The van der Waals surface area contributed by atoms with Crippen LogP contribution in [0.15, 0.2) is 30.3 Å². The van der Waals surface area contributed by atoms with Gasteiger partial charge in [-0.3, -0.25) is 9.59 Å². The molecule has 0 aromatic heterocycles. The molecule has 2 heteroatoms. The predicted octanol–water partition coefficient (Wildman–Crippen LogP) is 3.73. The first kappa shape index (κ1) is 13.7. The smallest absolute Gasteiger partial charge is 0.155 e. The lowest BCUT2D eigenvalue weighted by Gasteiger charge is -2.05. The van der Waals surface area contributed by atoms with Gasteiger partial charge in [-0.15, -0.1) is 0 Å². The number of allylic oxidation sites excluding steroid dienone is 1. The number of carbonyl (C=O) groups is 2. The van der Waals surface area contributed by atoms with Gasteiger partial charge in [0.05, 0.1) is 0 Å². The van der Waals surface area contributed by atoms with Gasteiger partial charge in [-0.2, -0.15) is 0 Å². The summed E-state index contributed by atoms with van der Waals surface area (Å²) < 4.78 is 0. The minimum absolute atomic E-state index is 0.154. The van der Waals surface area contributed by atoms with E-state index in [4.69, 9.17) is 0 Å². The van der Waals surface area contributed by atoms with Crippen molar-refractivity contribution < 1.29 is 9.59 Å². The second-order valence-electron chi connectivity index (χ2n) is 5.10. The summed E-state index contributed by atoms with van der Waals surface area (Å²) in [6.07, 6.45) is 8.88. The van der Waals surface area contributed by atoms with Gasteiger partial charge in [0, 0.05) is 19.3 Å². The normalized spacial score (nSPS) is 19.8. The Hall–Kier alpha value is -1.70. The van der Waals surface area contributed by atoms with Gasteiger partial charge in [-0.1, -0.05) is 30.3 Å². The maximum Gasteiger partial charge on any atom is 0.155 e. The van der Waals surface area contributed by atoms with Crippen LogP contribution in [0.4, 0.5) is 0 Å². The van der Waals surface area contributed by atoms with Crippen LogP contribution in [0.25, 0.3) is 6.08 Å². The van der Waals surface area contributed by atoms with E-state index in [1.807, 2.05) is 24.3 Å². The highest BCUT2D eigenvalue weighted by atomic mass is 16.1. The average molecular weight is 256 g/mol. The standard InChI is InChI=1S/C17H20O2/c18-16-9-3-4-10-17(19)13-12-15-7-2-1-6-14(15)8-5-11-16/h1-2,6-7,12-13H,3-5,8-11H2/b13-12+. The highest BCUT2D eigenvalue weighted by molar-refractivity contribution is 5.93. The fraction of sp³-hybridized carbons (Fsp3) is 0.412. The van der Waals surface area contributed by atoms with Crippen molar-refractivity contribution in [3.05, 3.63) is 41.5 Å². The number of benzene rings is 1. The monoisotopic (exact) mass is 256 g/mol. The molecule has 1 aliphatic carbocycles. The molecule has 0 saturated heterocycles. The van der Waals surface area contributed by atoms with E-state index >= 15 is 0 Å². The molecular formula is C17H20O2. The van der Waals surface area contributed by atoms with E-state index in [9.17, 15) is 9.59 Å². The molecule has 0 atom stereocenters. The van der Waals surface area contributed by atoms with Crippen LogP contribution in [0, 0.1) is 0 Å². The number of ketones is 2. The van der Waals surface area contributed by atoms with E-state index in [0.717, 1.165) is 31.2 Å². The van der Waals surface area contributed by atoms with Gasteiger partial charge in [0.2, 0.25) is 0 Å². The summed E-state index contributed by atoms with van der Waals surface area (Å²) >= 11 is 0. The molecule has 2 nitrogen and oxygen atoms in total. The fourth-order valence-electron chi connectivity index (χ4n) is 2.41. The highest BCUT2D eigenvalue weighted by Crippen LogP contribution is 2.16. The average Bonchev–Trinajstić information content (AvgIpc) is 2.43. The topological polar surface area (TPSA) is 34.1 Å². The van der Waals surface area contributed by atoms with Crippen LogP contribution < -0.4 is 0 Å². The SMILES string of the molecule is O=C1/C=C/c2ccccc2CCCC(=O)CCCC1. The van der Waals surface area contributed by atoms with Gasteiger partial charge in [0.15, 0.2) is 5.78 Å². The third-order valence-electron chi connectivity index (χ3n) is 3.53. The first-order valence-corrected chi connectivity index (χ1v) is 7.06. The Balaban J connectivity index is 2.16. The van der Waals surface area contributed by atoms with E-state index in [0.29, 0.717) is 25.0 Å². The van der Waals surface area contributed by atoms with Crippen LogP contribution in [0.1, 0.15) is 49.7 Å². The Morgan fingerprint density at radius 1 is 0.737 bits per heavy atom. The van der Waals surface area contributed by atoms with Gasteiger partial charge in [0.1, 0.15) is 5.78 Å². The summed E-state index contributed by atoms with van der Waals surface area (Å²) in [7, 11) is 0. The van der Waals surface area contributed by atoms with E-state index < -0.39 is 0 Å². The number of rotatable bonds is 0. The number of hydrogen-bond donors (Lipinski definition) is 0. The van der Waals surface area contributed by atoms with Crippen LogP contribution in [-0.2, 0) is 16.0 Å². The first-order valence-electron chi connectivity index (χ1n) is 7.06. The minimum atomic E-state index is 0.154. The van der Waals surface area contributed by atoms with E-state index in [1.165, 1.54) is 5.56 Å². The summed E-state index contributed by atoms with van der Waals surface area (Å²) in [6.45, 7) is 0. The number of aryl methyl sites for hydroxylation is 1. The van der Waals surface area contributed by atoms with Crippen molar-refractivity contribution in [1.82, 2.24) is 0 Å². The van der Waals surface area contributed by atoms with Crippen molar-refractivity contribution in [1.29, 1.82) is 0 Å². The zero-order valence-electron chi connectivity index (χ0n) is 11.2. The van der Waals surface area contributed by atoms with Crippen molar-refractivity contribution in [3.63, 3.8) is 0 Å². The molecule has 0 bridgehead atoms. The van der Waals surface area contributed by atoms with Crippen molar-refractivity contribution in [2.45, 2.75) is 44.9 Å². The molecular weight excluding hydrogens is 236 g/mol. The van der Waals surface area contributed by atoms with E-state index in [2.05, 4.69) is 6.07 Å². The molecule has 0 aliphatic heterocycles. The van der Waals surface area contributed by atoms with Crippen LogP contribution in [0.3, 0.4) is 0 Å². The summed E-state index contributed by atoms with van der Waals surface area (Å²) in [5.41, 5.74) is 2.32. The van der Waals surface area contributed by atoms with Crippen LogP contribution >= 0.6 is 0 Å². The molecule has 1 aromatic rings. The molecule has 0 heterocycles. The van der Waals surface area contributed by atoms with Crippen molar-refractivity contribution in [2.24, 2.45) is 0 Å². The van der Waals surface area contributed by atoms with E-state index in [-0.39, 0.29) is 5.78 Å². The lowest BCUT2D eigenvalue weighted by Crippen LogP contribution is -1.99. The number of fused-ring (bicyclic) bond motifs is 1. The molecule has 0 spiro atoms. The molecule has 1 aromatic carbocycles. The van der Waals surface area contributed by atoms with Crippen LogP contribution in [-0.4, -0.2) is 11.6 Å². The van der Waals surface area contributed by atoms with Gasteiger partial charge in [0.25, 0.3) is 0 Å². The minimum Gasteiger partial charge on any atom is -0.300 e. The molecule has 0 unspecified atom stereocenters. The largest absolute Gasteiger partial charge is 0.300 e. The van der Waals surface area contributed by atoms with Crippen LogP contribution in [0.2, 0.25) is 0 Å². The van der Waals surface area contributed by atoms with Gasteiger partial charge >= 0.3 is 0 Å². The maximum absolute atomic E-state index is 11.7. The Morgan fingerprint density at radius 3 is 2.37 bits per heavy atom. The molecule has 0 radical (unpaired) electrons. The Labute approximate surface area is 114 Å². The number of hydrogen-bond acceptors (Lipinski definition) is 2. The Kier molecular flexibility index (Phi) is 5.08. The van der Waals surface area contributed by atoms with Crippen molar-refractivity contribution >= 4 is 17.6 Å². The quantitative estimate of drug-likeness (QED) is 0.708. The highest BCUT2D eigenvalue weighted by Gasteiger charge is 2.06. The molecule has 0 fully saturated rings. The lowest BCUT2D eigenvalue weighted by atomic mass is 10.00. The Bertz CT molecular complexity index is 486. The summed E-state index contributed by atoms with van der Waals surface area (Å²) in [6, 6.07) is 8.10. The molecule has 0 N–H and O–H groups in total.